The molecule has 0 fully saturated rings. The Kier molecular flexibility index (Phi) is 5.06. The first-order chi connectivity index (χ1) is 8.56. The molecule has 98 valence electrons. The maximum Gasteiger partial charge on any atom is 0.319 e. The van der Waals surface area contributed by atoms with E-state index in [2.05, 4.69) is 10.6 Å². The zero-order valence-corrected chi connectivity index (χ0v) is 10.2. The van der Waals surface area contributed by atoms with Gasteiger partial charge < -0.3 is 15.4 Å². The standard InChI is InChI=1S/C11H15N3O4/c1-8-9(4-3-5-10(8)14(16)17)13-11(15)12-6-7-18-2/h3-5H,6-7H2,1-2H3,(H2,12,13,15). The topological polar surface area (TPSA) is 93.5 Å². The number of rotatable bonds is 5. The highest BCUT2D eigenvalue weighted by Gasteiger charge is 2.14. The minimum Gasteiger partial charge on any atom is -0.383 e. The van der Waals surface area contributed by atoms with E-state index in [0.29, 0.717) is 24.4 Å². The molecule has 7 nitrogen and oxygen atoms in total. The molecule has 0 saturated heterocycles. The second kappa shape index (κ2) is 6.55. The smallest absolute Gasteiger partial charge is 0.319 e. The molecule has 0 heterocycles. The summed E-state index contributed by atoms with van der Waals surface area (Å²) in [6.45, 7) is 2.36. The molecule has 0 aliphatic rings. The normalized spacial score (nSPS) is 9.89. The predicted molar refractivity (Wildman–Crippen MR) is 66.7 cm³/mol. The Morgan fingerprint density at radius 2 is 2.22 bits per heavy atom. The lowest BCUT2D eigenvalue weighted by Crippen LogP contribution is -2.31. The number of nitro benzene ring substituents is 1. The van der Waals surface area contributed by atoms with Gasteiger partial charge in [0.05, 0.1) is 22.8 Å². The molecule has 2 N–H and O–H groups in total. The van der Waals surface area contributed by atoms with Crippen molar-refractivity contribution in [1.82, 2.24) is 5.32 Å². The molecule has 7 heteroatoms. The van der Waals surface area contributed by atoms with Crippen molar-refractivity contribution < 1.29 is 14.5 Å². The quantitative estimate of drug-likeness (QED) is 0.474. The number of methoxy groups -OCH3 is 1. The van der Waals surface area contributed by atoms with E-state index in [0.717, 1.165) is 0 Å². The lowest BCUT2D eigenvalue weighted by molar-refractivity contribution is -0.385. The highest BCUT2D eigenvalue weighted by molar-refractivity contribution is 5.90. The summed E-state index contributed by atoms with van der Waals surface area (Å²) in [4.78, 5) is 21.7. The van der Waals surface area contributed by atoms with Crippen molar-refractivity contribution >= 4 is 17.4 Å². The van der Waals surface area contributed by atoms with Crippen LogP contribution in [-0.2, 0) is 4.74 Å². The van der Waals surface area contributed by atoms with Crippen LogP contribution in [0.3, 0.4) is 0 Å². The van der Waals surface area contributed by atoms with Crippen molar-refractivity contribution in [2.24, 2.45) is 0 Å². The van der Waals surface area contributed by atoms with Crippen LogP contribution in [0.1, 0.15) is 5.56 Å². The first-order valence-corrected chi connectivity index (χ1v) is 5.34. The first kappa shape index (κ1) is 13.9. The number of urea groups is 1. The molecule has 0 aliphatic heterocycles. The Bertz CT molecular complexity index is 448. The molecule has 1 rings (SSSR count). The van der Waals surface area contributed by atoms with E-state index in [-0.39, 0.29) is 5.69 Å². The number of amides is 2. The van der Waals surface area contributed by atoms with E-state index in [9.17, 15) is 14.9 Å². The van der Waals surface area contributed by atoms with Crippen molar-refractivity contribution in [3.63, 3.8) is 0 Å². The minimum atomic E-state index is -0.483. The lowest BCUT2D eigenvalue weighted by Gasteiger charge is -2.09. The molecule has 0 aliphatic carbocycles. The number of ether oxygens (including phenoxy) is 1. The number of hydrogen-bond donors (Lipinski definition) is 2. The zero-order chi connectivity index (χ0) is 13.5. The lowest BCUT2D eigenvalue weighted by atomic mass is 10.1. The second-order valence-corrected chi connectivity index (χ2v) is 3.58. The molecule has 1 aromatic carbocycles. The van der Waals surface area contributed by atoms with E-state index < -0.39 is 11.0 Å². The molecule has 18 heavy (non-hydrogen) atoms. The fourth-order valence-corrected chi connectivity index (χ4v) is 1.39. The van der Waals surface area contributed by atoms with Gasteiger partial charge >= 0.3 is 6.03 Å². The predicted octanol–water partition coefficient (Wildman–Crippen LogP) is 1.67. The van der Waals surface area contributed by atoms with E-state index in [1.165, 1.54) is 19.2 Å². The Balaban J connectivity index is 2.70. The number of carbonyl (C=O) groups is 1. The summed E-state index contributed by atoms with van der Waals surface area (Å²) >= 11 is 0. The van der Waals surface area contributed by atoms with Gasteiger partial charge in [-0.05, 0) is 13.0 Å². The van der Waals surface area contributed by atoms with Crippen LogP contribution >= 0.6 is 0 Å². The minimum absolute atomic E-state index is 0.0234. The highest BCUT2D eigenvalue weighted by Crippen LogP contribution is 2.24. The summed E-state index contributed by atoms with van der Waals surface area (Å²) in [6, 6.07) is 4.10. The number of anilines is 1. The summed E-state index contributed by atoms with van der Waals surface area (Å²) in [6.07, 6.45) is 0. The van der Waals surface area contributed by atoms with Crippen LogP contribution in [0, 0.1) is 17.0 Å². The number of nitro groups is 1. The molecular formula is C11H15N3O4. The third-order valence-corrected chi connectivity index (χ3v) is 2.34. The average molecular weight is 253 g/mol. The summed E-state index contributed by atoms with van der Waals surface area (Å²) in [7, 11) is 1.53. The van der Waals surface area contributed by atoms with Crippen molar-refractivity contribution in [3.05, 3.63) is 33.9 Å². The largest absolute Gasteiger partial charge is 0.383 e. The summed E-state index contributed by atoms with van der Waals surface area (Å²) < 4.78 is 4.78. The SMILES string of the molecule is COCCNC(=O)Nc1cccc([N+](=O)[O-])c1C. The molecule has 2 amide bonds. The molecule has 0 bridgehead atoms. The van der Waals surface area contributed by atoms with Crippen molar-refractivity contribution in [3.8, 4) is 0 Å². The fraction of sp³-hybridized carbons (Fsp3) is 0.364. The van der Waals surface area contributed by atoms with Crippen LogP contribution in [0.4, 0.5) is 16.2 Å². The second-order valence-electron chi connectivity index (χ2n) is 3.58. The Morgan fingerprint density at radius 1 is 1.50 bits per heavy atom. The number of nitrogens with zero attached hydrogens (tertiary/aromatic N) is 1. The summed E-state index contributed by atoms with van der Waals surface area (Å²) in [5.74, 6) is 0. The van der Waals surface area contributed by atoms with Crippen LogP contribution < -0.4 is 10.6 Å². The fourth-order valence-electron chi connectivity index (χ4n) is 1.39. The molecule has 1 aromatic rings. The number of carbonyl (C=O) groups excluding carboxylic acids is 1. The van der Waals surface area contributed by atoms with Crippen LogP contribution in [0.25, 0.3) is 0 Å². The van der Waals surface area contributed by atoms with Crippen molar-refractivity contribution in [1.29, 1.82) is 0 Å². The van der Waals surface area contributed by atoms with Gasteiger partial charge in [0.1, 0.15) is 0 Å². The number of hydrogen-bond acceptors (Lipinski definition) is 4. The van der Waals surface area contributed by atoms with Gasteiger partial charge in [0, 0.05) is 19.7 Å². The van der Waals surface area contributed by atoms with E-state index >= 15 is 0 Å². The number of nitrogens with one attached hydrogen (secondary N) is 2. The van der Waals surface area contributed by atoms with Gasteiger partial charge in [-0.15, -0.1) is 0 Å². The molecule has 0 aromatic heterocycles. The van der Waals surface area contributed by atoms with Crippen molar-refractivity contribution in [2.75, 3.05) is 25.6 Å². The van der Waals surface area contributed by atoms with Crippen LogP contribution in [-0.4, -0.2) is 31.2 Å². The maximum absolute atomic E-state index is 11.5. The third kappa shape index (κ3) is 3.70. The number of benzene rings is 1. The van der Waals surface area contributed by atoms with Crippen LogP contribution in [0.2, 0.25) is 0 Å². The molecule has 0 spiro atoms. The molecular weight excluding hydrogens is 238 g/mol. The third-order valence-electron chi connectivity index (χ3n) is 2.34. The van der Waals surface area contributed by atoms with Crippen LogP contribution in [0.5, 0.6) is 0 Å². The van der Waals surface area contributed by atoms with Crippen molar-refractivity contribution in [2.45, 2.75) is 6.92 Å². The van der Waals surface area contributed by atoms with Gasteiger partial charge in [-0.2, -0.15) is 0 Å². The highest BCUT2D eigenvalue weighted by atomic mass is 16.6. The van der Waals surface area contributed by atoms with Gasteiger partial charge in [-0.3, -0.25) is 10.1 Å². The Hall–Kier alpha value is -2.15. The van der Waals surface area contributed by atoms with E-state index in [4.69, 9.17) is 4.74 Å². The molecule has 0 saturated carbocycles. The van der Waals surface area contributed by atoms with Gasteiger partial charge in [-0.1, -0.05) is 6.07 Å². The van der Waals surface area contributed by atoms with Gasteiger partial charge in [0.2, 0.25) is 0 Å². The Morgan fingerprint density at radius 3 is 2.83 bits per heavy atom. The monoisotopic (exact) mass is 253 g/mol. The molecule has 0 unspecified atom stereocenters. The average Bonchev–Trinajstić information content (AvgIpc) is 2.32. The molecule has 0 atom stereocenters. The van der Waals surface area contributed by atoms with Gasteiger partial charge in [0.25, 0.3) is 5.69 Å². The Labute approximate surface area is 104 Å². The summed E-state index contributed by atoms with van der Waals surface area (Å²) in [5.41, 5.74) is 0.813. The summed E-state index contributed by atoms with van der Waals surface area (Å²) in [5, 5.41) is 15.8. The first-order valence-electron chi connectivity index (χ1n) is 5.34. The maximum atomic E-state index is 11.5. The zero-order valence-electron chi connectivity index (χ0n) is 10.2. The van der Waals surface area contributed by atoms with E-state index in [1.807, 2.05) is 0 Å². The van der Waals surface area contributed by atoms with Crippen LogP contribution in [0.15, 0.2) is 18.2 Å². The van der Waals surface area contributed by atoms with E-state index in [1.54, 1.807) is 13.0 Å². The van der Waals surface area contributed by atoms with Gasteiger partial charge in [-0.25, -0.2) is 4.79 Å². The molecule has 0 radical (unpaired) electrons. The van der Waals surface area contributed by atoms with Gasteiger partial charge in [0.15, 0.2) is 0 Å².